The van der Waals surface area contributed by atoms with Crippen molar-refractivity contribution in [3.63, 3.8) is 0 Å². The summed E-state index contributed by atoms with van der Waals surface area (Å²) in [6.45, 7) is 9.97. The van der Waals surface area contributed by atoms with Crippen molar-refractivity contribution in [2.75, 3.05) is 37.6 Å². The molecule has 40 heavy (non-hydrogen) atoms. The lowest BCUT2D eigenvalue weighted by Gasteiger charge is -2.56. The molecule has 4 aliphatic rings. The van der Waals surface area contributed by atoms with E-state index in [0.29, 0.717) is 29.7 Å². The Morgan fingerprint density at radius 3 is 2.40 bits per heavy atom. The molecule has 0 bridgehead atoms. The molecule has 10 heteroatoms. The summed E-state index contributed by atoms with van der Waals surface area (Å²) in [5, 5.41) is 7.96. The highest BCUT2D eigenvalue weighted by atomic mass is 16.6. The molecule has 2 aromatic rings. The van der Waals surface area contributed by atoms with Crippen LogP contribution in [0.2, 0.25) is 0 Å². The van der Waals surface area contributed by atoms with Crippen LogP contribution in [0.15, 0.2) is 18.2 Å². The predicted molar refractivity (Wildman–Crippen MR) is 152 cm³/mol. The number of likely N-dealkylation sites (tertiary alicyclic amines) is 2. The van der Waals surface area contributed by atoms with Gasteiger partial charge in [-0.15, -0.1) is 0 Å². The molecule has 4 fully saturated rings. The lowest BCUT2D eigenvalue weighted by Crippen LogP contribution is -2.57. The van der Waals surface area contributed by atoms with E-state index in [1.807, 2.05) is 37.4 Å². The number of fused-ring (bicyclic) bond motifs is 1. The van der Waals surface area contributed by atoms with Crippen molar-refractivity contribution >= 4 is 34.8 Å². The van der Waals surface area contributed by atoms with Gasteiger partial charge in [-0.3, -0.25) is 19.7 Å². The standard InChI is InChI=1S/C30H42N6O4/c1-29(2,3)40-28(39)35-15-10-30(11-16-35)18-22(19-30)34-12-7-20(8-13-34)21-5-6-23-24(17-21)33(4)32-26(23)36-14-9-25(37)31-27(36)38/h5-6,17,20,22H,7-16,18-19H2,1-4H3,(H,31,37,38). The minimum atomic E-state index is -0.444. The van der Waals surface area contributed by atoms with Crippen LogP contribution in [0.1, 0.15) is 77.2 Å². The molecule has 0 radical (unpaired) electrons. The molecule has 0 unspecified atom stereocenters. The first-order valence-electron chi connectivity index (χ1n) is 14.8. The Hall–Kier alpha value is -3.14. The van der Waals surface area contributed by atoms with Crippen molar-refractivity contribution in [2.45, 2.75) is 83.3 Å². The minimum absolute atomic E-state index is 0.172. The number of benzene rings is 1. The topological polar surface area (TPSA) is 100 Å². The third-order valence-electron chi connectivity index (χ3n) is 9.50. The number of nitrogens with zero attached hydrogens (tertiary/aromatic N) is 5. The Bertz CT molecular complexity index is 1310. The summed E-state index contributed by atoms with van der Waals surface area (Å²) in [7, 11) is 1.91. The Kier molecular flexibility index (Phi) is 6.79. The van der Waals surface area contributed by atoms with Crippen LogP contribution in [-0.2, 0) is 16.6 Å². The summed E-state index contributed by atoms with van der Waals surface area (Å²) in [5.74, 6) is 0.886. The number of carbonyl (C=O) groups is 3. The van der Waals surface area contributed by atoms with Gasteiger partial charge in [-0.25, -0.2) is 9.59 Å². The molecular weight excluding hydrogens is 508 g/mol. The number of nitrogens with one attached hydrogen (secondary N) is 1. The molecule has 1 aliphatic carbocycles. The predicted octanol–water partition coefficient (Wildman–Crippen LogP) is 4.38. The van der Waals surface area contributed by atoms with E-state index in [1.165, 1.54) is 18.4 Å². The maximum atomic E-state index is 12.4. The van der Waals surface area contributed by atoms with Crippen molar-refractivity contribution in [2.24, 2.45) is 12.5 Å². The van der Waals surface area contributed by atoms with Gasteiger partial charge in [0.25, 0.3) is 0 Å². The highest BCUT2D eigenvalue weighted by Gasteiger charge is 2.49. The molecule has 3 aliphatic heterocycles. The van der Waals surface area contributed by atoms with Crippen LogP contribution < -0.4 is 10.2 Å². The molecule has 4 heterocycles. The van der Waals surface area contributed by atoms with Gasteiger partial charge in [0, 0.05) is 44.5 Å². The van der Waals surface area contributed by atoms with E-state index >= 15 is 0 Å². The Balaban J connectivity index is 1.02. The van der Waals surface area contributed by atoms with Crippen LogP contribution in [0.5, 0.6) is 0 Å². The van der Waals surface area contributed by atoms with E-state index in [0.717, 1.165) is 62.8 Å². The van der Waals surface area contributed by atoms with E-state index in [9.17, 15) is 14.4 Å². The molecule has 0 atom stereocenters. The summed E-state index contributed by atoms with van der Waals surface area (Å²) >= 11 is 0. The van der Waals surface area contributed by atoms with Crippen molar-refractivity contribution in [1.29, 1.82) is 0 Å². The van der Waals surface area contributed by atoms with Gasteiger partial charge >= 0.3 is 12.1 Å². The molecule has 4 amide bonds. The number of aromatic nitrogens is 2. The molecule has 1 aromatic heterocycles. The van der Waals surface area contributed by atoms with Crippen molar-refractivity contribution in [3.8, 4) is 0 Å². The zero-order valence-corrected chi connectivity index (χ0v) is 24.2. The van der Waals surface area contributed by atoms with Crippen molar-refractivity contribution in [1.82, 2.24) is 24.9 Å². The second-order valence-corrected chi connectivity index (χ2v) is 13.3. The molecule has 216 valence electrons. The van der Waals surface area contributed by atoms with Gasteiger partial charge in [0.05, 0.1) is 5.52 Å². The summed E-state index contributed by atoms with van der Waals surface area (Å²) in [5.41, 5.74) is 2.30. The number of anilines is 1. The number of rotatable bonds is 3. The van der Waals surface area contributed by atoms with Crippen LogP contribution in [0.3, 0.4) is 0 Å². The minimum Gasteiger partial charge on any atom is -0.444 e. The molecular formula is C30H42N6O4. The zero-order chi connectivity index (χ0) is 28.2. The smallest absolute Gasteiger partial charge is 0.410 e. The summed E-state index contributed by atoms with van der Waals surface area (Å²) in [4.78, 5) is 42.6. The quantitative estimate of drug-likeness (QED) is 0.609. The number of carbonyl (C=O) groups excluding carboxylic acids is 3. The second kappa shape index (κ2) is 10.0. The zero-order valence-electron chi connectivity index (χ0n) is 24.2. The number of hydrogen-bond donors (Lipinski definition) is 1. The van der Waals surface area contributed by atoms with E-state index in [4.69, 9.17) is 4.74 Å². The number of aryl methyl sites for hydroxylation is 1. The summed E-state index contributed by atoms with van der Waals surface area (Å²) < 4.78 is 7.41. The molecule has 10 nitrogen and oxygen atoms in total. The summed E-state index contributed by atoms with van der Waals surface area (Å²) in [6.07, 6.45) is 7.06. The maximum Gasteiger partial charge on any atom is 0.410 e. The normalized spacial score (nSPS) is 23.0. The second-order valence-electron chi connectivity index (χ2n) is 13.3. The van der Waals surface area contributed by atoms with Gasteiger partial charge < -0.3 is 14.5 Å². The van der Waals surface area contributed by atoms with Crippen LogP contribution >= 0.6 is 0 Å². The van der Waals surface area contributed by atoms with Gasteiger partial charge in [0.2, 0.25) is 5.91 Å². The van der Waals surface area contributed by atoms with E-state index < -0.39 is 11.6 Å². The molecule has 1 spiro atoms. The Morgan fingerprint density at radius 2 is 1.75 bits per heavy atom. The van der Waals surface area contributed by atoms with Crippen LogP contribution in [0.4, 0.5) is 15.4 Å². The Labute approximate surface area is 236 Å². The van der Waals surface area contributed by atoms with Crippen molar-refractivity contribution in [3.05, 3.63) is 23.8 Å². The van der Waals surface area contributed by atoms with Gasteiger partial charge in [-0.05, 0) is 101 Å². The van der Waals surface area contributed by atoms with Crippen LogP contribution in [0.25, 0.3) is 10.9 Å². The van der Waals surface area contributed by atoms with Gasteiger partial charge in [0.1, 0.15) is 5.60 Å². The van der Waals surface area contributed by atoms with Gasteiger partial charge in [-0.1, -0.05) is 6.07 Å². The molecule has 1 aromatic carbocycles. The SMILES string of the molecule is Cn1nc(N2CCC(=O)NC2=O)c2ccc(C3CCN(C4CC5(CCN(C(=O)OC(C)(C)C)CC5)C4)CC3)cc21. The Morgan fingerprint density at radius 1 is 1.05 bits per heavy atom. The number of imide groups is 1. The first-order chi connectivity index (χ1) is 19.0. The largest absolute Gasteiger partial charge is 0.444 e. The van der Waals surface area contributed by atoms with Gasteiger partial charge in [0.15, 0.2) is 5.82 Å². The maximum absolute atomic E-state index is 12.4. The molecule has 6 rings (SSSR count). The number of hydrogen-bond acceptors (Lipinski definition) is 6. The van der Waals surface area contributed by atoms with Crippen molar-refractivity contribution < 1.29 is 19.1 Å². The molecule has 1 N–H and O–H groups in total. The summed E-state index contributed by atoms with van der Waals surface area (Å²) in [6, 6.07) is 6.77. The molecule has 3 saturated heterocycles. The highest BCUT2D eigenvalue weighted by Crippen LogP contribution is 2.51. The van der Waals surface area contributed by atoms with Crippen LogP contribution in [-0.4, -0.2) is 82.0 Å². The number of amides is 4. The highest BCUT2D eigenvalue weighted by molar-refractivity contribution is 6.08. The number of ether oxygens (including phenoxy) is 1. The van der Waals surface area contributed by atoms with E-state index in [1.54, 1.807) is 4.90 Å². The fraction of sp³-hybridized carbons (Fsp3) is 0.667. The van der Waals surface area contributed by atoms with Gasteiger partial charge in [-0.2, -0.15) is 5.10 Å². The third-order valence-corrected chi connectivity index (χ3v) is 9.50. The average molecular weight is 551 g/mol. The van der Waals surface area contributed by atoms with E-state index in [2.05, 4.69) is 33.5 Å². The number of urea groups is 1. The first kappa shape index (κ1) is 27.1. The first-order valence-corrected chi connectivity index (χ1v) is 14.8. The lowest BCUT2D eigenvalue weighted by atomic mass is 9.59. The average Bonchev–Trinajstić information content (AvgIpc) is 3.22. The molecule has 1 saturated carbocycles. The fourth-order valence-electron chi connectivity index (χ4n) is 7.17. The lowest BCUT2D eigenvalue weighted by molar-refractivity contribution is -0.120. The third kappa shape index (κ3) is 5.18. The fourth-order valence-corrected chi connectivity index (χ4v) is 7.17. The van der Waals surface area contributed by atoms with Crippen LogP contribution in [0, 0.1) is 5.41 Å². The number of piperidine rings is 2. The monoisotopic (exact) mass is 550 g/mol. The van der Waals surface area contributed by atoms with E-state index in [-0.39, 0.29) is 18.4 Å².